The smallest absolute Gasteiger partial charge is 0.224 e. The summed E-state index contributed by atoms with van der Waals surface area (Å²) < 4.78 is 0. The molecular weight excluding hydrogens is 274 g/mol. The fourth-order valence-electron chi connectivity index (χ4n) is 2.31. The van der Waals surface area contributed by atoms with E-state index >= 15 is 0 Å². The van der Waals surface area contributed by atoms with Crippen molar-refractivity contribution in [3.05, 3.63) is 65.2 Å². The average molecular weight is 295 g/mol. The number of benzene rings is 2. The Morgan fingerprint density at radius 1 is 0.955 bits per heavy atom. The molecule has 0 aliphatic heterocycles. The highest BCUT2D eigenvalue weighted by molar-refractivity contribution is 6.03. The summed E-state index contributed by atoms with van der Waals surface area (Å²) in [6.45, 7) is 3.62. The van der Waals surface area contributed by atoms with Crippen molar-refractivity contribution in [3.63, 3.8) is 0 Å². The monoisotopic (exact) mass is 295 g/mol. The number of aryl methyl sites for hydroxylation is 2. The summed E-state index contributed by atoms with van der Waals surface area (Å²) >= 11 is 0. The fraction of sp³-hybridized carbons (Fsp3) is 0.263. The molecule has 2 aromatic rings. The largest absolute Gasteiger partial charge is 0.325 e. The minimum atomic E-state index is -0.0757. The lowest BCUT2D eigenvalue weighted by molar-refractivity contribution is -0.116. The number of carbonyl (C=O) groups is 2. The molecule has 0 aromatic heterocycles. The van der Waals surface area contributed by atoms with E-state index in [9.17, 15) is 9.59 Å². The number of hydrogen-bond donors (Lipinski definition) is 1. The molecule has 3 heteroatoms. The van der Waals surface area contributed by atoms with Gasteiger partial charge in [0.1, 0.15) is 0 Å². The van der Waals surface area contributed by atoms with Gasteiger partial charge in [0.25, 0.3) is 0 Å². The zero-order valence-electron chi connectivity index (χ0n) is 13.1. The van der Waals surface area contributed by atoms with E-state index in [4.69, 9.17) is 0 Å². The quantitative estimate of drug-likeness (QED) is 0.818. The van der Waals surface area contributed by atoms with Gasteiger partial charge in [0.15, 0.2) is 5.78 Å². The van der Waals surface area contributed by atoms with Gasteiger partial charge in [-0.05, 0) is 43.0 Å². The third-order valence-electron chi connectivity index (χ3n) is 3.65. The van der Waals surface area contributed by atoms with E-state index in [1.54, 1.807) is 18.2 Å². The molecule has 0 fully saturated rings. The number of amides is 1. The van der Waals surface area contributed by atoms with Crippen molar-refractivity contribution in [3.8, 4) is 0 Å². The predicted molar refractivity (Wildman–Crippen MR) is 89.2 cm³/mol. The minimum Gasteiger partial charge on any atom is -0.325 e. The first kappa shape index (κ1) is 16.0. The van der Waals surface area contributed by atoms with Gasteiger partial charge in [0.05, 0.1) is 5.69 Å². The molecule has 22 heavy (non-hydrogen) atoms. The molecule has 0 saturated heterocycles. The van der Waals surface area contributed by atoms with Crippen LogP contribution >= 0.6 is 0 Å². The van der Waals surface area contributed by atoms with Crippen molar-refractivity contribution in [2.45, 2.75) is 33.1 Å². The highest BCUT2D eigenvalue weighted by atomic mass is 16.1. The van der Waals surface area contributed by atoms with Gasteiger partial charge in [-0.3, -0.25) is 9.59 Å². The molecule has 0 spiro atoms. The van der Waals surface area contributed by atoms with E-state index in [2.05, 4.69) is 36.5 Å². The third kappa shape index (κ3) is 4.29. The van der Waals surface area contributed by atoms with Crippen LogP contribution < -0.4 is 5.32 Å². The molecule has 2 rings (SSSR count). The van der Waals surface area contributed by atoms with E-state index < -0.39 is 0 Å². The number of ketones is 1. The molecule has 0 saturated carbocycles. The Hall–Kier alpha value is -2.42. The molecule has 0 unspecified atom stereocenters. The summed E-state index contributed by atoms with van der Waals surface area (Å²) in [6.07, 6.45) is 2.11. The molecule has 1 amide bonds. The molecule has 0 bridgehead atoms. The number of para-hydroxylation sites is 1. The van der Waals surface area contributed by atoms with Gasteiger partial charge in [-0.25, -0.2) is 0 Å². The van der Waals surface area contributed by atoms with Crippen molar-refractivity contribution in [2.75, 3.05) is 5.32 Å². The number of hydrogen-bond acceptors (Lipinski definition) is 2. The Morgan fingerprint density at radius 2 is 1.59 bits per heavy atom. The lowest BCUT2D eigenvalue weighted by Crippen LogP contribution is -2.14. The molecule has 0 heterocycles. The van der Waals surface area contributed by atoms with E-state index in [-0.39, 0.29) is 11.7 Å². The summed E-state index contributed by atoms with van der Waals surface area (Å²) in [5.74, 6) is -0.126. The molecule has 114 valence electrons. The zero-order chi connectivity index (χ0) is 15.9. The van der Waals surface area contributed by atoms with Crippen LogP contribution in [0.4, 0.5) is 5.69 Å². The Morgan fingerprint density at radius 3 is 2.23 bits per heavy atom. The van der Waals surface area contributed by atoms with E-state index in [1.165, 1.54) is 12.5 Å². The van der Waals surface area contributed by atoms with Gasteiger partial charge < -0.3 is 5.32 Å². The van der Waals surface area contributed by atoms with Gasteiger partial charge in [0, 0.05) is 12.0 Å². The summed E-state index contributed by atoms with van der Waals surface area (Å²) in [7, 11) is 0. The maximum Gasteiger partial charge on any atom is 0.224 e. The van der Waals surface area contributed by atoms with E-state index in [0.29, 0.717) is 24.1 Å². The van der Waals surface area contributed by atoms with Crippen LogP contribution in [0.5, 0.6) is 0 Å². The SMILES string of the molecule is CCc1ccc(CCC(=O)Nc2ccccc2C(C)=O)cc1. The van der Waals surface area contributed by atoms with Crippen LogP contribution in [0.25, 0.3) is 0 Å². The van der Waals surface area contributed by atoms with Crippen LogP contribution in [0.2, 0.25) is 0 Å². The Labute approximate surface area is 131 Å². The summed E-state index contributed by atoms with van der Waals surface area (Å²) in [4.78, 5) is 23.6. The number of Topliss-reactive ketones (excluding diaryl/α,β-unsaturated/α-hetero) is 1. The number of carbonyl (C=O) groups excluding carboxylic acids is 2. The maximum absolute atomic E-state index is 12.1. The second-order valence-electron chi connectivity index (χ2n) is 5.32. The molecule has 0 atom stereocenters. The van der Waals surface area contributed by atoms with Crippen LogP contribution in [-0.2, 0) is 17.6 Å². The summed E-state index contributed by atoms with van der Waals surface area (Å²) in [5.41, 5.74) is 3.57. The van der Waals surface area contributed by atoms with Crippen LogP contribution in [0.15, 0.2) is 48.5 Å². The fourth-order valence-corrected chi connectivity index (χ4v) is 2.31. The first-order chi connectivity index (χ1) is 10.6. The van der Waals surface area contributed by atoms with Gasteiger partial charge in [-0.1, -0.05) is 43.3 Å². The Bertz CT molecular complexity index is 659. The van der Waals surface area contributed by atoms with Crippen LogP contribution in [0, 0.1) is 0 Å². The number of nitrogens with one attached hydrogen (secondary N) is 1. The first-order valence-electron chi connectivity index (χ1n) is 7.57. The van der Waals surface area contributed by atoms with Crippen LogP contribution in [0.1, 0.15) is 41.8 Å². The number of rotatable bonds is 6. The minimum absolute atomic E-state index is 0.0499. The van der Waals surface area contributed by atoms with Crippen LogP contribution in [-0.4, -0.2) is 11.7 Å². The standard InChI is InChI=1S/C19H21NO2/c1-3-15-8-10-16(11-9-15)12-13-19(22)20-18-7-5-4-6-17(18)14(2)21/h4-11H,3,12-13H2,1-2H3,(H,20,22). The van der Waals surface area contributed by atoms with Crippen molar-refractivity contribution in [1.82, 2.24) is 0 Å². The van der Waals surface area contributed by atoms with Gasteiger partial charge >= 0.3 is 0 Å². The lowest BCUT2D eigenvalue weighted by atomic mass is 10.1. The summed E-state index contributed by atoms with van der Waals surface area (Å²) in [5, 5.41) is 2.82. The second-order valence-corrected chi connectivity index (χ2v) is 5.32. The molecule has 0 aliphatic rings. The Kier molecular flexibility index (Phi) is 5.48. The average Bonchev–Trinajstić information content (AvgIpc) is 2.53. The zero-order valence-corrected chi connectivity index (χ0v) is 13.1. The molecule has 0 radical (unpaired) electrons. The second kappa shape index (κ2) is 7.55. The highest BCUT2D eigenvalue weighted by Gasteiger charge is 2.09. The van der Waals surface area contributed by atoms with Crippen LogP contribution in [0.3, 0.4) is 0 Å². The molecular formula is C19H21NO2. The van der Waals surface area contributed by atoms with E-state index in [1.807, 2.05) is 6.07 Å². The lowest BCUT2D eigenvalue weighted by Gasteiger charge is -2.09. The van der Waals surface area contributed by atoms with Crippen molar-refractivity contribution >= 4 is 17.4 Å². The molecule has 0 aliphatic carbocycles. The van der Waals surface area contributed by atoms with Crippen molar-refractivity contribution < 1.29 is 9.59 Å². The maximum atomic E-state index is 12.1. The van der Waals surface area contributed by atoms with Crippen molar-refractivity contribution in [2.24, 2.45) is 0 Å². The number of anilines is 1. The van der Waals surface area contributed by atoms with E-state index in [0.717, 1.165) is 12.0 Å². The molecule has 1 N–H and O–H groups in total. The molecule has 2 aromatic carbocycles. The first-order valence-corrected chi connectivity index (χ1v) is 7.57. The predicted octanol–water partition coefficient (Wildman–Crippen LogP) is 4.02. The summed E-state index contributed by atoms with van der Waals surface area (Å²) in [6, 6.07) is 15.4. The highest BCUT2D eigenvalue weighted by Crippen LogP contribution is 2.16. The third-order valence-corrected chi connectivity index (χ3v) is 3.65. The normalized spacial score (nSPS) is 10.3. The van der Waals surface area contributed by atoms with Gasteiger partial charge in [-0.15, -0.1) is 0 Å². The molecule has 3 nitrogen and oxygen atoms in total. The Balaban J connectivity index is 1.94. The van der Waals surface area contributed by atoms with Gasteiger partial charge in [-0.2, -0.15) is 0 Å². The van der Waals surface area contributed by atoms with Gasteiger partial charge in [0.2, 0.25) is 5.91 Å². The topological polar surface area (TPSA) is 46.2 Å². The van der Waals surface area contributed by atoms with Crippen molar-refractivity contribution in [1.29, 1.82) is 0 Å².